The molecule has 0 aliphatic rings. The van der Waals surface area contributed by atoms with Gasteiger partial charge in [-0.1, -0.05) is 13.8 Å². The summed E-state index contributed by atoms with van der Waals surface area (Å²) in [5, 5.41) is 0. The molecule has 1 unspecified atom stereocenters. The maximum atomic E-state index is 11.3. The summed E-state index contributed by atoms with van der Waals surface area (Å²) >= 11 is 0. The number of carbonyl (C=O) groups is 1. The van der Waals surface area contributed by atoms with Crippen molar-refractivity contribution in [3.8, 4) is 0 Å². The van der Waals surface area contributed by atoms with Crippen molar-refractivity contribution in [1.82, 2.24) is 0 Å². The highest BCUT2D eigenvalue weighted by atomic mass is 16.5. The first kappa shape index (κ1) is 11.0. The Morgan fingerprint density at radius 3 is 2.58 bits per heavy atom. The van der Waals surface area contributed by atoms with Gasteiger partial charge in [-0.05, 0) is 13.3 Å². The molecule has 0 bridgehead atoms. The number of nitrogens with two attached hydrogens (primary N) is 1. The third-order valence-electron chi connectivity index (χ3n) is 1.72. The van der Waals surface area contributed by atoms with Gasteiger partial charge in [-0.2, -0.15) is 0 Å². The topological polar surface area (TPSA) is 52.3 Å². The molecule has 1 atom stereocenters. The van der Waals surface area contributed by atoms with E-state index >= 15 is 0 Å². The summed E-state index contributed by atoms with van der Waals surface area (Å²) in [7, 11) is 0. The van der Waals surface area contributed by atoms with Gasteiger partial charge in [0.25, 0.3) is 0 Å². The highest BCUT2D eigenvalue weighted by Gasteiger charge is 2.13. The van der Waals surface area contributed by atoms with Crippen LogP contribution >= 0.6 is 0 Å². The van der Waals surface area contributed by atoms with E-state index < -0.39 is 0 Å². The second kappa shape index (κ2) is 5.63. The van der Waals surface area contributed by atoms with E-state index in [0.717, 1.165) is 6.42 Å². The van der Waals surface area contributed by atoms with Gasteiger partial charge in [-0.25, -0.2) is 0 Å². The van der Waals surface area contributed by atoms with Gasteiger partial charge in [0.2, 0.25) is 0 Å². The van der Waals surface area contributed by atoms with Crippen LogP contribution in [-0.4, -0.2) is 12.4 Å². The van der Waals surface area contributed by atoms with Gasteiger partial charge >= 0.3 is 0 Å². The van der Waals surface area contributed by atoms with Crippen LogP contribution in [0.25, 0.3) is 0 Å². The van der Waals surface area contributed by atoms with Crippen LogP contribution in [0.4, 0.5) is 0 Å². The summed E-state index contributed by atoms with van der Waals surface area (Å²) in [4.78, 5) is 11.3. The quantitative estimate of drug-likeness (QED) is 0.503. The molecule has 0 saturated carbocycles. The van der Waals surface area contributed by atoms with E-state index in [9.17, 15) is 4.79 Å². The summed E-state index contributed by atoms with van der Waals surface area (Å²) in [5.74, 6) is -0.0485. The number of ketones is 1. The molecular weight excluding hydrogens is 154 g/mol. The number of rotatable bonds is 5. The zero-order chi connectivity index (χ0) is 9.56. The first-order chi connectivity index (χ1) is 5.63. The zero-order valence-electron chi connectivity index (χ0n) is 7.96. The van der Waals surface area contributed by atoms with E-state index in [-0.39, 0.29) is 17.4 Å². The largest absolute Gasteiger partial charge is 0.499 e. The van der Waals surface area contributed by atoms with Crippen LogP contribution in [0, 0.1) is 5.92 Å². The van der Waals surface area contributed by atoms with Crippen LogP contribution in [0.5, 0.6) is 0 Å². The molecular formula is C9H17NO2. The van der Waals surface area contributed by atoms with Gasteiger partial charge in [0, 0.05) is 5.92 Å². The lowest BCUT2D eigenvalue weighted by Gasteiger charge is -2.06. The van der Waals surface area contributed by atoms with E-state index in [1.165, 1.54) is 6.26 Å². The third kappa shape index (κ3) is 3.42. The summed E-state index contributed by atoms with van der Waals surface area (Å²) in [6, 6.07) is 0. The smallest absolute Gasteiger partial charge is 0.184 e. The number of hydrogen-bond acceptors (Lipinski definition) is 3. The second-order valence-corrected chi connectivity index (χ2v) is 2.70. The average molecular weight is 171 g/mol. The van der Waals surface area contributed by atoms with Gasteiger partial charge in [0.1, 0.15) is 12.0 Å². The van der Waals surface area contributed by atoms with Crippen LogP contribution in [-0.2, 0) is 9.53 Å². The van der Waals surface area contributed by atoms with E-state index in [4.69, 9.17) is 10.5 Å². The highest BCUT2D eigenvalue weighted by Crippen LogP contribution is 2.06. The first-order valence-corrected chi connectivity index (χ1v) is 4.24. The van der Waals surface area contributed by atoms with Crippen molar-refractivity contribution in [2.75, 3.05) is 6.61 Å². The minimum absolute atomic E-state index is 0.0123. The van der Waals surface area contributed by atoms with Crippen molar-refractivity contribution in [3.63, 3.8) is 0 Å². The monoisotopic (exact) mass is 171 g/mol. The Bertz CT molecular complexity index is 175. The molecule has 12 heavy (non-hydrogen) atoms. The van der Waals surface area contributed by atoms with Crippen molar-refractivity contribution >= 4 is 5.78 Å². The highest BCUT2D eigenvalue weighted by molar-refractivity contribution is 5.95. The molecule has 0 heterocycles. The molecule has 0 spiro atoms. The normalized spacial score (nSPS) is 14.1. The molecule has 70 valence electrons. The van der Waals surface area contributed by atoms with Crippen molar-refractivity contribution in [1.29, 1.82) is 0 Å². The van der Waals surface area contributed by atoms with E-state index in [1.807, 2.05) is 20.8 Å². The molecule has 0 fully saturated rings. The molecule has 0 aliphatic carbocycles. The molecule has 2 N–H and O–H groups in total. The molecule has 0 aliphatic heterocycles. The number of allylic oxidation sites excluding steroid dienone is 1. The molecule has 0 radical (unpaired) electrons. The first-order valence-electron chi connectivity index (χ1n) is 4.24. The molecule has 0 aromatic heterocycles. The number of hydrogen-bond donors (Lipinski definition) is 1. The lowest BCUT2D eigenvalue weighted by molar-refractivity contribution is -0.119. The molecule has 0 amide bonds. The number of ether oxygens (including phenoxy) is 1. The van der Waals surface area contributed by atoms with Crippen LogP contribution in [0.15, 0.2) is 12.0 Å². The van der Waals surface area contributed by atoms with Crippen molar-refractivity contribution in [2.24, 2.45) is 11.7 Å². The fourth-order valence-corrected chi connectivity index (χ4v) is 0.701. The molecule has 3 heteroatoms. The molecule has 0 aromatic rings. The summed E-state index contributed by atoms with van der Waals surface area (Å²) in [6.45, 7) is 6.19. The Hall–Kier alpha value is -0.990. The van der Waals surface area contributed by atoms with E-state index in [1.54, 1.807) is 0 Å². The lowest BCUT2D eigenvalue weighted by atomic mass is 10.0. The Morgan fingerprint density at radius 2 is 2.17 bits per heavy atom. The minimum atomic E-state index is -0.0362. The summed E-state index contributed by atoms with van der Waals surface area (Å²) in [6.07, 6.45) is 2.13. The van der Waals surface area contributed by atoms with Crippen LogP contribution < -0.4 is 5.73 Å². The van der Waals surface area contributed by atoms with Crippen molar-refractivity contribution in [3.05, 3.63) is 12.0 Å². The number of Topliss-reactive ketones (excluding diaryl/α,β-unsaturated/α-hetero) is 1. The van der Waals surface area contributed by atoms with Gasteiger partial charge in [-0.15, -0.1) is 0 Å². The van der Waals surface area contributed by atoms with Crippen LogP contribution in [0.1, 0.15) is 27.2 Å². The van der Waals surface area contributed by atoms with Gasteiger partial charge in [0.05, 0.1) is 6.61 Å². The Morgan fingerprint density at radius 1 is 1.58 bits per heavy atom. The predicted molar refractivity (Wildman–Crippen MR) is 48.4 cm³/mol. The summed E-state index contributed by atoms with van der Waals surface area (Å²) < 4.78 is 4.90. The van der Waals surface area contributed by atoms with Gasteiger partial charge < -0.3 is 10.5 Å². The fourth-order valence-electron chi connectivity index (χ4n) is 0.701. The lowest BCUT2D eigenvalue weighted by Crippen LogP contribution is -2.18. The van der Waals surface area contributed by atoms with Crippen molar-refractivity contribution in [2.45, 2.75) is 27.2 Å². The zero-order valence-corrected chi connectivity index (χ0v) is 7.96. The molecule has 0 rings (SSSR count). The Balaban J connectivity index is 4.08. The van der Waals surface area contributed by atoms with Crippen LogP contribution in [0.3, 0.4) is 0 Å². The Labute approximate surface area is 73.6 Å². The van der Waals surface area contributed by atoms with E-state index in [2.05, 4.69) is 0 Å². The van der Waals surface area contributed by atoms with Crippen molar-refractivity contribution < 1.29 is 9.53 Å². The summed E-state index contributed by atoms with van der Waals surface area (Å²) in [5.41, 5.74) is 5.68. The molecule has 3 nitrogen and oxygen atoms in total. The minimum Gasteiger partial charge on any atom is -0.499 e. The van der Waals surface area contributed by atoms with Gasteiger partial charge in [0.15, 0.2) is 5.78 Å². The van der Waals surface area contributed by atoms with E-state index in [0.29, 0.717) is 6.61 Å². The van der Waals surface area contributed by atoms with Gasteiger partial charge in [-0.3, -0.25) is 4.79 Å². The standard InChI is InChI=1S/C9H17NO2/c1-4-7(3)9(11)8(10)6-12-5-2/h6-7H,4-5,10H2,1-3H3/b8-6+. The maximum Gasteiger partial charge on any atom is 0.184 e. The predicted octanol–water partition coefficient (Wildman–Crippen LogP) is 1.44. The second-order valence-electron chi connectivity index (χ2n) is 2.70. The number of carbonyl (C=O) groups excluding carboxylic acids is 1. The fraction of sp³-hybridized carbons (Fsp3) is 0.667. The maximum absolute atomic E-state index is 11.3. The Kier molecular flexibility index (Phi) is 5.17. The SMILES string of the molecule is CCO/C=C(/N)C(=O)C(C)CC. The third-order valence-corrected chi connectivity index (χ3v) is 1.72. The van der Waals surface area contributed by atoms with Crippen LogP contribution in [0.2, 0.25) is 0 Å². The molecule has 0 saturated heterocycles. The average Bonchev–Trinajstić information content (AvgIpc) is 2.11. The molecule has 0 aromatic carbocycles.